The number of esters is 1. The molecular formula is C52H71F2N11O9. The molecule has 402 valence electrons. The molecule has 4 fully saturated rings. The Bertz CT molecular complexity index is 2520. The summed E-state index contributed by atoms with van der Waals surface area (Å²) in [5.74, 6) is -1.42. The number of amides is 6. The highest BCUT2D eigenvalue weighted by molar-refractivity contribution is 5.96. The molecule has 2 atom stereocenters. The van der Waals surface area contributed by atoms with E-state index in [2.05, 4.69) is 25.3 Å². The summed E-state index contributed by atoms with van der Waals surface area (Å²) in [7, 11) is 0. The normalized spacial score (nSPS) is 18.0. The molecule has 0 spiro atoms. The van der Waals surface area contributed by atoms with E-state index in [1.54, 1.807) is 89.6 Å². The van der Waals surface area contributed by atoms with Gasteiger partial charge in [0.1, 0.15) is 28.9 Å². The van der Waals surface area contributed by atoms with Crippen molar-refractivity contribution in [1.29, 1.82) is 0 Å². The number of hydrogen-bond acceptors (Lipinski definition) is 12. The summed E-state index contributed by atoms with van der Waals surface area (Å²) >= 11 is 0. The van der Waals surface area contributed by atoms with Crippen LogP contribution in [0.1, 0.15) is 96.2 Å². The molecule has 8 rings (SSSR count). The monoisotopic (exact) mass is 1030 g/mol. The molecule has 22 heteroatoms. The largest absolute Gasteiger partial charge is 0.444 e. The number of nitrogens with two attached hydrogens (primary N) is 1. The van der Waals surface area contributed by atoms with E-state index in [4.69, 9.17) is 15.2 Å². The van der Waals surface area contributed by atoms with Crippen LogP contribution in [-0.2, 0) is 49.7 Å². The zero-order valence-corrected chi connectivity index (χ0v) is 43.3. The van der Waals surface area contributed by atoms with Crippen molar-refractivity contribution in [3.8, 4) is 0 Å². The van der Waals surface area contributed by atoms with Crippen molar-refractivity contribution in [1.82, 2.24) is 49.3 Å². The van der Waals surface area contributed by atoms with Crippen LogP contribution in [0.5, 0.6) is 0 Å². The van der Waals surface area contributed by atoms with Crippen molar-refractivity contribution in [2.45, 2.75) is 129 Å². The molecule has 5 heterocycles. The van der Waals surface area contributed by atoms with Gasteiger partial charge < -0.3 is 54.4 Å². The van der Waals surface area contributed by atoms with Gasteiger partial charge in [-0.1, -0.05) is 43.5 Å². The minimum atomic E-state index is -0.839. The Morgan fingerprint density at radius 1 is 0.716 bits per heavy atom. The maximum atomic E-state index is 13.4. The molecule has 4 N–H and O–H groups in total. The quantitative estimate of drug-likeness (QED) is 0.0914. The van der Waals surface area contributed by atoms with Crippen LogP contribution in [0.3, 0.4) is 0 Å². The first-order valence-electron chi connectivity index (χ1n) is 25.2. The lowest BCUT2D eigenvalue weighted by Gasteiger charge is -2.41. The molecule has 20 nitrogen and oxygen atoms in total. The third kappa shape index (κ3) is 16.7. The molecule has 0 radical (unpaired) electrons. The summed E-state index contributed by atoms with van der Waals surface area (Å²) in [6.07, 6.45) is 12.0. The minimum Gasteiger partial charge on any atom is -0.444 e. The maximum absolute atomic E-state index is 13.4. The number of benzene rings is 2. The third-order valence-corrected chi connectivity index (χ3v) is 12.5. The van der Waals surface area contributed by atoms with E-state index >= 15 is 0 Å². The van der Waals surface area contributed by atoms with E-state index in [9.17, 15) is 37.5 Å². The average Bonchev–Trinajstić information content (AvgIpc) is 4.07. The van der Waals surface area contributed by atoms with Crippen LogP contribution in [0.4, 0.5) is 28.0 Å². The summed E-state index contributed by atoms with van der Waals surface area (Å²) < 4.78 is 45.2. The molecule has 2 aromatic carbocycles. The summed E-state index contributed by atoms with van der Waals surface area (Å²) in [5, 5.41) is 6.06. The SMILES string of the molecule is CC(C)(C)OC(=O)N1CCN(C(=O)NC2CCCCC2)[C@@H](C(=O)NCCc2cncn2Cc2ccc(F)cc2)C1.CC(C)(C)OC(=O)N1CCN2C(=O)OC(=O)[C@H]2C1.NCCc1cncn1Cc1ccc(F)cc1. The van der Waals surface area contributed by atoms with Crippen LogP contribution in [0.15, 0.2) is 73.6 Å². The number of carbonyl (C=O) groups is 6. The highest BCUT2D eigenvalue weighted by Gasteiger charge is 2.46. The van der Waals surface area contributed by atoms with Crippen molar-refractivity contribution in [3.63, 3.8) is 0 Å². The predicted octanol–water partition coefficient (Wildman–Crippen LogP) is 5.85. The average molecular weight is 1030 g/mol. The molecule has 4 aromatic rings. The third-order valence-electron chi connectivity index (χ3n) is 12.5. The smallest absolute Gasteiger partial charge is 0.418 e. The zero-order valence-electron chi connectivity index (χ0n) is 43.3. The second kappa shape index (κ2) is 25.7. The first kappa shape index (κ1) is 56.2. The van der Waals surface area contributed by atoms with Gasteiger partial charge in [0.2, 0.25) is 5.91 Å². The van der Waals surface area contributed by atoms with Crippen molar-refractivity contribution in [2.24, 2.45) is 5.73 Å². The number of hydrogen-bond donors (Lipinski definition) is 3. The molecular weight excluding hydrogens is 961 g/mol. The van der Waals surface area contributed by atoms with E-state index in [0.29, 0.717) is 45.7 Å². The molecule has 74 heavy (non-hydrogen) atoms. The topological polar surface area (TPSA) is 229 Å². The highest BCUT2D eigenvalue weighted by atomic mass is 19.1. The Hall–Kier alpha value is -7.10. The number of nitrogens with one attached hydrogen (secondary N) is 2. The van der Waals surface area contributed by atoms with Crippen molar-refractivity contribution in [3.05, 3.63) is 108 Å². The zero-order chi connectivity index (χ0) is 53.6. The number of ether oxygens (including phenoxy) is 3. The Labute approximate surface area is 430 Å². The fourth-order valence-electron chi connectivity index (χ4n) is 8.71. The molecule has 6 amide bonds. The standard InChI is InChI=1S/C29H41FN6O4.C12H14FN3.C11H16N2O5/c1-29(2,3)40-28(39)34-15-16-36(27(38)33-23-7-5-4-6-8-23)25(19-34)26(37)32-14-13-24-17-31-20-35(24)18-21-9-11-22(30)12-10-21;13-11-3-1-10(2-4-11)8-16-9-15-7-12(16)5-6-14;1-11(2,3)18-9(15)12-4-5-13-7(6-12)8(14)17-10(13)16/h9-12,17,20,23,25H,4-8,13-16,18-19H2,1-3H3,(H,32,37)(H,33,38);1-4,7,9H,5-6,8,14H2;7H,4-6H2,1-3H3/t25-;;7-/m1.1/s1. The van der Waals surface area contributed by atoms with Crippen molar-refractivity contribution < 1.29 is 51.8 Å². The number of urea groups is 1. The van der Waals surface area contributed by atoms with Crippen LogP contribution in [0.25, 0.3) is 0 Å². The number of halogens is 2. The first-order valence-corrected chi connectivity index (χ1v) is 25.2. The van der Waals surface area contributed by atoms with Gasteiger partial charge in [0, 0.05) is 88.5 Å². The number of piperazine rings is 2. The summed E-state index contributed by atoms with van der Waals surface area (Å²) in [6, 6.07) is 11.1. The van der Waals surface area contributed by atoms with Gasteiger partial charge in [0.05, 0.1) is 25.7 Å². The summed E-state index contributed by atoms with van der Waals surface area (Å²) in [4.78, 5) is 88.1. The molecule has 3 aliphatic heterocycles. The van der Waals surface area contributed by atoms with E-state index < -0.39 is 47.5 Å². The van der Waals surface area contributed by atoms with E-state index in [-0.39, 0.29) is 55.8 Å². The summed E-state index contributed by atoms with van der Waals surface area (Å²) in [6.45, 7) is 14.2. The molecule has 3 saturated heterocycles. The molecule has 2 aromatic heterocycles. The Balaban J connectivity index is 0.000000214. The van der Waals surface area contributed by atoms with Crippen LogP contribution >= 0.6 is 0 Å². The Morgan fingerprint density at radius 3 is 1.76 bits per heavy atom. The number of imidazole rings is 2. The van der Waals surface area contributed by atoms with E-state index in [1.807, 2.05) is 15.3 Å². The van der Waals surface area contributed by atoms with Crippen molar-refractivity contribution >= 4 is 36.2 Å². The second-order valence-electron chi connectivity index (χ2n) is 20.6. The number of cyclic esters (lactones) is 2. The van der Waals surface area contributed by atoms with Gasteiger partial charge >= 0.3 is 30.3 Å². The highest BCUT2D eigenvalue weighted by Crippen LogP contribution is 2.22. The second-order valence-corrected chi connectivity index (χ2v) is 20.6. The van der Waals surface area contributed by atoms with Crippen LogP contribution in [0, 0.1) is 11.6 Å². The van der Waals surface area contributed by atoms with Crippen LogP contribution < -0.4 is 16.4 Å². The molecule has 4 aliphatic rings. The molecule has 1 saturated carbocycles. The van der Waals surface area contributed by atoms with Gasteiger partial charge in [-0.15, -0.1) is 0 Å². The lowest BCUT2D eigenvalue weighted by Crippen LogP contribution is -2.64. The number of carbonyl (C=O) groups excluding carboxylic acids is 6. The fraction of sp³-hybridized carbons (Fsp3) is 0.538. The lowest BCUT2D eigenvalue weighted by molar-refractivity contribution is -0.136. The van der Waals surface area contributed by atoms with E-state index in [1.165, 1.54) is 45.4 Å². The van der Waals surface area contributed by atoms with Crippen molar-refractivity contribution in [2.75, 3.05) is 52.4 Å². The predicted molar refractivity (Wildman–Crippen MR) is 268 cm³/mol. The fourth-order valence-corrected chi connectivity index (χ4v) is 8.71. The van der Waals surface area contributed by atoms with Gasteiger partial charge in [0.15, 0.2) is 6.04 Å². The number of rotatable bonds is 11. The van der Waals surface area contributed by atoms with Gasteiger partial charge in [-0.05, 0) is 96.3 Å². The summed E-state index contributed by atoms with van der Waals surface area (Å²) in [5.41, 5.74) is 8.27. The first-order chi connectivity index (χ1) is 35.2. The Morgan fingerprint density at radius 2 is 1.23 bits per heavy atom. The van der Waals surface area contributed by atoms with Gasteiger partial charge in [-0.2, -0.15) is 0 Å². The molecule has 0 bridgehead atoms. The van der Waals surface area contributed by atoms with Gasteiger partial charge in [0.25, 0.3) is 0 Å². The van der Waals surface area contributed by atoms with Gasteiger partial charge in [-0.3, -0.25) is 9.69 Å². The lowest BCUT2D eigenvalue weighted by atomic mass is 9.95. The number of aromatic nitrogens is 4. The van der Waals surface area contributed by atoms with E-state index in [0.717, 1.165) is 54.6 Å². The van der Waals surface area contributed by atoms with Crippen LogP contribution in [-0.4, -0.2) is 157 Å². The molecule has 0 unspecified atom stereocenters. The minimum absolute atomic E-state index is 0.0569. The Kier molecular flexibility index (Phi) is 19.5. The maximum Gasteiger partial charge on any atom is 0.418 e. The number of nitrogens with zero attached hydrogens (tertiary/aromatic N) is 8. The van der Waals surface area contributed by atoms with Crippen LogP contribution in [0.2, 0.25) is 0 Å². The van der Waals surface area contributed by atoms with Gasteiger partial charge in [-0.25, -0.2) is 42.7 Å². The number of fused-ring (bicyclic) bond motifs is 1. The molecule has 1 aliphatic carbocycles.